The molecule has 34 heavy (non-hydrogen) atoms. The van der Waals surface area contributed by atoms with Gasteiger partial charge >= 0.3 is 14.2 Å². The van der Waals surface area contributed by atoms with Gasteiger partial charge in [0.25, 0.3) is 0 Å². The second-order valence-electron chi connectivity index (χ2n) is 12.1. The van der Waals surface area contributed by atoms with Gasteiger partial charge in [-0.25, -0.2) is 0 Å². The lowest BCUT2D eigenvalue weighted by Crippen LogP contribution is -2.52. The van der Waals surface area contributed by atoms with E-state index in [0.29, 0.717) is 0 Å². The number of benzene rings is 1. The Morgan fingerprint density at radius 1 is 0.588 bits per heavy atom. The zero-order valence-electron chi connectivity index (χ0n) is 22.8. The smallest absolute Gasteiger partial charge is 0.407 e. The van der Waals surface area contributed by atoms with E-state index in [0.717, 1.165) is 39.3 Å². The van der Waals surface area contributed by atoms with Crippen LogP contribution < -0.4 is 10.9 Å². The lowest BCUT2D eigenvalue weighted by atomic mass is 9.66. The molecule has 6 heteroatoms. The lowest BCUT2D eigenvalue weighted by Gasteiger charge is -2.35. The summed E-state index contributed by atoms with van der Waals surface area (Å²) in [6.07, 6.45) is 12.0. The first-order chi connectivity index (χ1) is 16.2. The molecule has 0 spiro atoms. The maximum atomic E-state index is 6.27. The molecular weight excluding hydrogens is 422 g/mol. The topological polar surface area (TPSA) is 36.9 Å². The Labute approximate surface area is 210 Å². The SMILES string of the molecule is CCCCCCc1cc(B2OCC(C)(C)CO2)c(CCCCCC)cc1B1OCC(C)(C)CO1. The van der Waals surface area contributed by atoms with Gasteiger partial charge < -0.3 is 18.6 Å². The molecule has 2 heterocycles. The third kappa shape index (κ3) is 8.11. The van der Waals surface area contributed by atoms with Gasteiger partial charge in [0, 0.05) is 37.3 Å². The van der Waals surface area contributed by atoms with Crippen LogP contribution >= 0.6 is 0 Å². The zero-order valence-corrected chi connectivity index (χ0v) is 22.8. The van der Waals surface area contributed by atoms with Crippen LogP contribution in [0.25, 0.3) is 0 Å². The van der Waals surface area contributed by atoms with Crippen molar-refractivity contribution in [3.05, 3.63) is 23.3 Å². The maximum Gasteiger partial charge on any atom is 0.494 e. The number of hydrogen-bond acceptors (Lipinski definition) is 4. The molecule has 0 aromatic heterocycles. The Bertz CT molecular complexity index is 681. The molecule has 0 atom stereocenters. The second-order valence-corrected chi connectivity index (χ2v) is 12.1. The van der Waals surface area contributed by atoms with Gasteiger partial charge in [0.1, 0.15) is 0 Å². The molecule has 1 aromatic rings. The molecule has 0 aliphatic carbocycles. The molecule has 0 unspecified atom stereocenters. The summed E-state index contributed by atoms with van der Waals surface area (Å²) in [5.74, 6) is 0. The van der Waals surface area contributed by atoms with Crippen LogP contribution in [0.1, 0.15) is 104 Å². The summed E-state index contributed by atoms with van der Waals surface area (Å²) in [4.78, 5) is 0. The summed E-state index contributed by atoms with van der Waals surface area (Å²) < 4.78 is 25.1. The van der Waals surface area contributed by atoms with Gasteiger partial charge in [-0.05, 0) is 47.7 Å². The molecule has 3 rings (SSSR count). The number of unbranched alkanes of at least 4 members (excludes halogenated alkanes) is 6. The Morgan fingerprint density at radius 2 is 0.941 bits per heavy atom. The highest BCUT2D eigenvalue weighted by atomic mass is 16.6. The molecule has 190 valence electrons. The Kier molecular flexibility index (Phi) is 10.6. The summed E-state index contributed by atoms with van der Waals surface area (Å²) in [6.45, 7) is 16.3. The van der Waals surface area contributed by atoms with Crippen molar-refractivity contribution in [3.63, 3.8) is 0 Å². The van der Waals surface area contributed by atoms with Crippen molar-refractivity contribution in [2.24, 2.45) is 10.8 Å². The molecule has 4 nitrogen and oxygen atoms in total. The van der Waals surface area contributed by atoms with E-state index in [1.54, 1.807) is 0 Å². The van der Waals surface area contributed by atoms with E-state index in [4.69, 9.17) is 18.6 Å². The molecule has 2 aliphatic heterocycles. The van der Waals surface area contributed by atoms with Crippen LogP contribution in [-0.2, 0) is 31.5 Å². The fourth-order valence-electron chi connectivity index (χ4n) is 4.83. The first kappa shape index (κ1) is 27.8. The summed E-state index contributed by atoms with van der Waals surface area (Å²) in [7, 11) is -0.547. The summed E-state index contributed by atoms with van der Waals surface area (Å²) >= 11 is 0. The average molecular weight is 470 g/mol. The minimum Gasteiger partial charge on any atom is -0.407 e. The van der Waals surface area contributed by atoms with Crippen molar-refractivity contribution in [1.29, 1.82) is 0 Å². The van der Waals surface area contributed by atoms with E-state index in [1.165, 1.54) is 73.4 Å². The Balaban J connectivity index is 1.89. The Hall–Kier alpha value is -0.810. The number of aryl methyl sites for hydroxylation is 2. The predicted octanol–water partition coefficient (Wildman–Crippen LogP) is 5.47. The van der Waals surface area contributed by atoms with Gasteiger partial charge in [0.15, 0.2) is 0 Å². The van der Waals surface area contributed by atoms with Crippen LogP contribution in [0.15, 0.2) is 12.1 Å². The molecule has 0 saturated carbocycles. The molecular formula is C28H48B2O4. The largest absolute Gasteiger partial charge is 0.494 e. The van der Waals surface area contributed by atoms with Gasteiger partial charge in [-0.3, -0.25) is 0 Å². The van der Waals surface area contributed by atoms with Gasteiger partial charge in [0.2, 0.25) is 0 Å². The zero-order chi connectivity index (χ0) is 24.6. The van der Waals surface area contributed by atoms with E-state index in [9.17, 15) is 0 Å². The first-order valence-electron chi connectivity index (χ1n) is 13.9. The fourth-order valence-corrected chi connectivity index (χ4v) is 4.83. The van der Waals surface area contributed by atoms with Crippen LogP contribution in [-0.4, -0.2) is 40.7 Å². The summed E-state index contributed by atoms with van der Waals surface area (Å²) in [5.41, 5.74) is 5.25. The molecule has 0 bridgehead atoms. The monoisotopic (exact) mass is 470 g/mol. The molecule has 2 saturated heterocycles. The molecule has 2 fully saturated rings. The van der Waals surface area contributed by atoms with E-state index in [2.05, 4.69) is 53.7 Å². The van der Waals surface area contributed by atoms with Gasteiger partial charge in [-0.2, -0.15) is 0 Å². The van der Waals surface area contributed by atoms with E-state index in [1.807, 2.05) is 0 Å². The van der Waals surface area contributed by atoms with E-state index >= 15 is 0 Å². The molecule has 0 amide bonds. The van der Waals surface area contributed by atoms with Crippen molar-refractivity contribution in [2.75, 3.05) is 26.4 Å². The molecule has 0 radical (unpaired) electrons. The Morgan fingerprint density at radius 3 is 1.26 bits per heavy atom. The molecule has 2 aliphatic rings. The van der Waals surface area contributed by atoms with E-state index < -0.39 is 0 Å². The van der Waals surface area contributed by atoms with Gasteiger partial charge in [-0.1, -0.05) is 92.2 Å². The minimum atomic E-state index is -0.273. The lowest BCUT2D eigenvalue weighted by molar-refractivity contribution is 0.0338. The van der Waals surface area contributed by atoms with Crippen molar-refractivity contribution >= 4 is 25.2 Å². The second kappa shape index (κ2) is 12.9. The number of rotatable bonds is 12. The van der Waals surface area contributed by atoms with Crippen molar-refractivity contribution in [1.82, 2.24) is 0 Å². The third-order valence-electron chi connectivity index (χ3n) is 7.01. The normalized spacial score (nSPS) is 20.1. The standard InChI is InChI=1S/C28H48B2O4/c1-7-9-11-13-15-23-17-26(30-33-21-28(5,6)22-34-30)24(16-14-12-10-8-2)18-25(23)29-31-19-27(3,4)20-32-29/h17-18H,7-16,19-22H2,1-6H3. The van der Waals surface area contributed by atoms with E-state index in [-0.39, 0.29) is 25.1 Å². The van der Waals surface area contributed by atoms with Crippen molar-refractivity contribution < 1.29 is 18.6 Å². The molecule has 1 aromatic carbocycles. The highest BCUT2D eigenvalue weighted by Crippen LogP contribution is 2.25. The highest BCUT2D eigenvalue weighted by molar-refractivity contribution is 6.64. The third-order valence-corrected chi connectivity index (χ3v) is 7.01. The van der Waals surface area contributed by atoms with Crippen LogP contribution in [0.3, 0.4) is 0 Å². The highest BCUT2D eigenvalue weighted by Gasteiger charge is 2.38. The van der Waals surface area contributed by atoms with Gasteiger partial charge in [0.05, 0.1) is 0 Å². The quantitative estimate of drug-likeness (QED) is 0.300. The van der Waals surface area contributed by atoms with Gasteiger partial charge in [-0.15, -0.1) is 0 Å². The fraction of sp³-hybridized carbons (Fsp3) is 0.786. The van der Waals surface area contributed by atoms with Crippen LogP contribution in [0.2, 0.25) is 0 Å². The minimum absolute atomic E-state index is 0.0668. The van der Waals surface area contributed by atoms with Crippen molar-refractivity contribution in [2.45, 2.75) is 106 Å². The summed E-state index contributed by atoms with van der Waals surface area (Å²) in [6, 6.07) is 4.73. The van der Waals surface area contributed by atoms with Crippen LogP contribution in [0.4, 0.5) is 0 Å². The predicted molar refractivity (Wildman–Crippen MR) is 144 cm³/mol. The van der Waals surface area contributed by atoms with Crippen molar-refractivity contribution in [3.8, 4) is 0 Å². The van der Waals surface area contributed by atoms with Crippen LogP contribution in [0, 0.1) is 10.8 Å². The summed E-state index contributed by atoms with van der Waals surface area (Å²) in [5, 5.41) is 0. The first-order valence-corrected chi connectivity index (χ1v) is 13.9. The number of hydrogen-bond donors (Lipinski definition) is 0. The van der Waals surface area contributed by atoms with Crippen LogP contribution in [0.5, 0.6) is 0 Å². The average Bonchev–Trinajstić information content (AvgIpc) is 2.80. The molecule has 0 N–H and O–H groups in total. The maximum absolute atomic E-state index is 6.27.